The van der Waals surface area contributed by atoms with Crippen LogP contribution in [0.25, 0.3) is 28.2 Å². The Morgan fingerprint density at radius 3 is 2.44 bits per heavy atom. The number of carbonyl (C=O) groups excluding carboxylic acids is 1. The maximum atomic E-state index is 13.8. The lowest BCUT2D eigenvalue weighted by atomic mass is 9.90. The minimum absolute atomic E-state index is 0.204. The first kappa shape index (κ1) is 28.9. The van der Waals surface area contributed by atoms with E-state index in [4.69, 9.17) is 16.3 Å². The molecule has 2 aromatic carbocycles. The van der Waals surface area contributed by atoms with Crippen LogP contribution < -0.4 is 5.56 Å². The first-order valence-electron chi connectivity index (χ1n) is 13.6. The van der Waals surface area contributed by atoms with Gasteiger partial charge in [0.15, 0.2) is 9.84 Å². The summed E-state index contributed by atoms with van der Waals surface area (Å²) < 4.78 is 30.9. The van der Waals surface area contributed by atoms with Crippen LogP contribution in [0.2, 0.25) is 5.02 Å². The summed E-state index contributed by atoms with van der Waals surface area (Å²) in [5.74, 6) is 0.670. The molecule has 12 heteroatoms. The number of rotatable bonds is 6. The number of aromatic nitrogens is 4. The van der Waals surface area contributed by atoms with E-state index in [1.807, 2.05) is 20.8 Å². The molecule has 10 nitrogen and oxygen atoms in total. The van der Waals surface area contributed by atoms with Crippen molar-refractivity contribution in [3.8, 4) is 17.2 Å². The highest BCUT2D eigenvalue weighted by Gasteiger charge is 2.28. The fourth-order valence-electron chi connectivity index (χ4n) is 5.11. The van der Waals surface area contributed by atoms with E-state index in [9.17, 15) is 18.0 Å². The van der Waals surface area contributed by atoms with Gasteiger partial charge in [-0.2, -0.15) is 4.68 Å². The Balaban J connectivity index is 1.41. The molecule has 2 aromatic heterocycles. The number of H-pyrrole nitrogens is 2. The largest absolute Gasteiger partial charge is 0.444 e. The number of aromatic amines is 2. The molecular formula is C29H34ClN5O5S. The standard InChI is InChI=1S/C29H34ClN5O5S/c1-29(2,3)40-28(37)34-15-13-18(14-16-34)5-11-22-25(19-6-9-21(10-7-19)41(4,38)39)33-35(26(22)36)27-31-23-12-8-20(30)17-24(23)32-27/h6-10,12,17-18,33H,5,11,13-16H2,1-4H3,(H,31,32). The van der Waals surface area contributed by atoms with Crippen molar-refractivity contribution >= 4 is 38.6 Å². The molecule has 0 bridgehead atoms. The predicted molar refractivity (Wildman–Crippen MR) is 158 cm³/mol. The molecule has 0 unspecified atom stereocenters. The van der Waals surface area contributed by atoms with Gasteiger partial charge in [0.1, 0.15) is 5.60 Å². The Kier molecular flexibility index (Phi) is 7.78. The monoisotopic (exact) mass is 599 g/mol. The van der Waals surface area contributed by atoms with Gasteiger partial charge in [0.05, 0.1) is 21.6 Å². The highest BCUT2D eigenvalue weighted by molar-refractivity contribution is 7.90. The molecule has 0 aliphatic carbocycles. The topological polar surface area (TPSA) is 130 Å². The van der Waals surface area contributed by atoms with Crippen LogP contribution in [0.15, 0.2) is 52.2 Å². The number of hydrogen-bond acceptors (Lipinski definition) is 6. The second kappa shape index (κ2) is 11.0. The Hall–Kier alpha value is -3.57. The number of piperidine rings is 1. The SMILES string of the molecule is CC(C)(C)OC(=O)N1CCC(CCc2c(-c3ccc(S(C)(=O)=O)cc3)[nH]n(-c3nc4ccc(Cl)cc4[nH]3)c2=O)CC1. The molecule has 3 heterocycles. The first-order valence-corrected chi connectivity index (χ1v) is 15.8. The van der Waals surface area contributed by atoms with Crippen LogP contribution in [0.3, 0.4) is 0 Å². The average Bonchev–Trinajstić information content (AvgIpc) is 3.46. The molecule has 1 aliphatic rings. The zero-order chi connectivity index (χ0) is 29.5. The zero-order valence-electron chi connectivity index (χ0n) is 23.5. The molecular weight excluding hydrogens is 566 g/mol. The molecule has 1 amide bonds. The van der Waals surface area contributed by atoms with E-state index in [-0.39, 0.29) is 16.5 Å². The maximum absolute atomic E-state index is 13.8. The summed E-state index contributed by atoms with van der Waals surface area (Å²) in [6, 6.07) is 11.7. The molecule has 5 rings (SSSR count). The van der Waals surface area contributed by atoms with Gasteiger partial charge in [-0.15, -0.1) is 0 Å². The Morgan fingerprint density at radius 2 is 1.80 bits per heavy atom. The van der Waals surface area contributed by atoms with E-state index in [1.54, 1.807) is 47.4 Å². The summed E-state index contributed by atoms with van der Waals surface area (Å²) in [4.78, 5) is 35.9. The smallest absolute Gasteiger partial charge is 0.410 e. The van der Waals surface area contributed by atoms with Crippen LogP contribution in [0.1, 0.15) is 45.6 Å². The minimum atomic E-state index is -3.36. The predicted octanol–water partition coefficient (Wildman–Crippen LogP) is 5.35. The van der Waals surface area contributed by atoms with E-state index < -0.39 is 15.4 Å². The summed E-state index contributed by atoms with van der Waals surface area (Å²) >= 11 is 6.13. The van der Waals surface area contributed by atoms with Crippen molar-refractivity contribution in [2.45, 2.75) is 57.0 Å². The third-order valence-corrected chi connectivity index (χ3v) is 8.63. The number of carbonyl (C=O) groups is 1. The number of sulfone groups is 1. The number of amides is 1. The van der Waals surface area contributed by atoms with Gasteiger partial charge < -0.3 is 14.6 Å². The Labute approximate surface area is 243 Å². The minimum Gasteiger partial charge on any atom is -0.444 e. The van der Waals surface area contributed by atoms with Crippen LogP contribution in [-0.2, 0) is 21.0 Å². The first-order chi connectivity index (χ1) is 19.3. The highest BCUT2D eigenvalue weighted by atomic mass is 35.5. The van der Waals surface area contributed by atoms with E-state index >= 15 is 0 Å². The number of nitrogens with one attached hydrogen (secondary N) is 2. The van der Waals surface area contributed by atoms with Crippen LogP contribution in [-0.4, -0.2) is 64.1 Å². The molecule has 4 aromatic rings. The van der Waals surface area contributed by atoms with Gasteiger partial charge in [0, 0.05) is 29.9 Å². The van der Waals surface area contributed by atoms with E-state index in [0.717, 1.165) is 25.5 Å². The van der Waals surface area contributed by atoms with Crippen LogP contribution >= 0.6 is 11.6 Å². The lowest BCUT2D eigenvalue weighted by molar-refractivity contribution is 0.0181. The molecule has 41 heavy (non-hydrogen) atoms. The van der Waals surface area contributed by atoms with Gasteiger partial charge in [-0.05, 0) is 88.3 Å². The second-order valence-corrected chi connectivity index (χ2v) is 14.0. The highest BCUT2D eigenvalue weighted by Crippen LogP contribution is 2.28. The van der Waals surface area contributed by atoms with Gasteiger partial charge in [0.2, 0.25) is 5.95 Å². The molecule has 0 spiro atoms. The maximum Gasteiger partial charge on any atom is 0.410 e. The average molecular weight is 600 g/mol. The third kappa shape index (κ3) is 6.51. The molecule has 1 aliphatic heterocycles. The number of imidazole rings is 1. The van der Waals surface area contributed by atoms with Crippen LogP contribution in [0.5, 0.6) is 0 Å². The molecule has 0 saturated carbocycles. The van der Waals surface area contributed by atoms with E-state index in [0.29, 0.717) is 64.3 Å². The van der Waals surface area contributed by atoms with Gasteiger partial charge in [0.25, 0.3) is 5.56 Å². The fourth-order valence-corrected chi connectivity index (χ4v) is 5.92. The van der Waals surface area contributed by atoms with Gasteiger partial charge in [-0.3, -0.25) is 9.89 Å². The van der Waals surface area contributed by atoms with E-state index in [2.05, 4.69) is 15.1 Å². The van der Waals surface area contributed by atoms with Crippen molar-refractivity contribution < 1.29 is 17.9 Å². The Bertz CT molecular complexity index is 1740. The number of fused-ring (bicyclic) bond motifs is 1. The zero-order valence-corrected chi connectivity index (χ0v) is 25.1. The van der Waals surface area contributed by atoms with Gasteiger partial charge >= 0.3 is 6.09 Å². The van der Waals surface area contributed by atoms with Crippen molar-refractivity contribution in [3.05, 3.63) is 63.4 Å². The summed E-state index contributed by atoms with van der Waals surface area (Å²) in [6.45, 7) is 6.78. The summed E-state index contributed by atoms with van der Waals surface area (Å²) in [5.41, 5.74) is 2.50. The van der Waals surface area contributed by atoms with Crippen molar-refractivity contribution in [1.29, 1.82) is 0 Å². The van der Waals surface area contributed by atoms with E-state index in [1.165, 1.54) is 4.68 Å². The lowest BCUT2D eigenvalue weighted by Gasteiger charge is -2.33. The summed E-state index contributed by atoms with van der Waals surface area (Å²) in [6.07, 6.45) is 3.78. The summed E-state index contributed by atoms with van der Waals surface area (Å²) in [5, 5.41) is 3.76. The van der Waals surface area contributed by atoms with Crippen molar-refractivity contribution in [2.75, 3.05) is 19.3 Å². The Morgan fingerprint density at radius 1 is 1.12 bits per heavy atom. The van der Waals surface area contributed by atoms with Crippen LogP contribution in [0, 0.1) is 5.92 Å². The van der Waals surface area contributed by atoms with Crippen molar-refractivity contribution in [1.82, 2.24) is 24.6 Å². The number of halogens is 1. The second-order valence-electron chi connectivity index (χ2n) is 11.6. The molecule has 2 N–H and O–H groups in total. The molecule has 1 fully saturated rings. The molecule has 0 radical (unpaired) electrons. The third-order valence-electron chi connectivity index (χ3n) is 7.27. The molecule has 218 valence electrons. The number of likely N-dealkylation sites (tertiary alicyclic amines) is 1. The van der Waals surface area contributed by atoms with Crippen molar-refractivity contribution in [3.63, 3.8) is 0 Å². The number of ether oxygens (including phenoxy) is 1. The quantitative estimate of drug-likeness (QED) is 0.307. The summed E-state index contributed by atoms with van der Waals surface area (Å²) in [7, 11) is -3.36. The number of nitrogens with zero attached hydrogens (tertiary/aromatic N) is 3. The fraction of sp³-hybridized carbons (Fsp3) is 0.414. The normalized spacial score (nSPS) is 15.0. The van der Waals surface area contributed by atoms with Gasteiger partial charge in [-0.1, -0.05) is 23.7 Å². The lowest BCUT2D eigenvalue weighted by Crippen LogP contribution is -2.41. The van der Waals surface area contributed by atoms with Crippen molar-refractivity contribution in [2.24, 2.45) is 5.92 Å². The van der Waals surface area contributed by atoms with Gasteiger partial charge in [-0.25, -0.2) is 18.2 Å². The molecule has 0 atom stereocenters. The van der Waals surface area contributed by atoms with Crippen LogP contribution in [0.4, 0.5) is 4.79 Å². The number of hydrogen-bond donors (Lipinski definition) is 2. The molecule has 1 saturated heterocycles. The number of benzene rings is 2.